The van der Waals surface area contributed by atoms with Gasteiger partial charge in [0.25, 0.3) is 0 Å². The molecule has 4 nitrogen and oxygen atoms in total. The van der Waals surface area contributed by atoms with Crippen LogP contribution < -0.4 is 15.4 Å². The molecule has 114 valence electrons. The molecule has 0 bridgehead atoms. The van der Waals surface area contributed by atoms with E-state index in [0.717, 1.165) is 63.5 Å². The maximum Gasteiger partial charge on any atom is 0.121 e. The number of methoxy groups -OCH3 is 1. The predicted octanol–water partition coefficient (Wildman–Crippen LogP) is 2.90. The number of hydrogen-bond acceptors (Lipinski definition) is 4. The van der Waals surface area contributed by atoms with E-state index in [0.29, 0.717) is 0 Å². The summed E-state index contributed by atoms with van der Waals surface area (Å²) in [5.74, 6) is 0.941. The molecule has 1 rings (SSSR count). The van der Waals surface area contributed by atoms with Crippen LogP contribution in [0.1, 0.15) is 26.2 Å². The van der Waals surface area contributed by atoms with E-state index < -0.39 is 0 Å². The van der Waals surface area contributed by atoms with E-state index in [4.69, 9.17) is 9.47 Å². The first-order chi connectivity index (χ1) is 9.86. The highest BCUT2D eigenvalue weighted by atomic mass is 16.5. The second-order valence-corrected chi connectivity index (χ2v) is 4.75. The van der Waals surface area contributed by atoms with Crippen molar-refractivity contribution < 1.29 is 9.47 Å². The number of benzene rings is 1. The SMILES string of the molecule is CCCCOc1cccc(NCCNCCCOC)c1. The molecule has 4 heteroatoms. The molecule has 0 aliphatic carbocycles. The molecule has 0 fully saturated rings. The highest BCUT2D eigenvalue weighted by Gasteiger charge is 1.96. The molecular weight excluding hydrogens is 252 g/mol. The van der Waals surface area contributed by atoms with Crippen LogP contribution in [-0.4, -0.2) is 40.0 Å². The number of nitrogens with one attached hydrogen (secondary N) is 2. The van der Waals surface area contributed by atoms with Gasteiger partial charge in [-0.25, -0.2) is 0 Å². The summed E-state index contributed by atoms with van der Waals surface area (Å²) in [6, 6.07) is 8.15. The van der Waals surface area contributed by atoms with Gasteiger partial charge in [-0.1, -0.05) is 19.4 Å². The second kappa shape index (κ2) is 11.6. The van der Waals surface area contributed by atoms with Crippen molar-refractivity contribution in [3.05, 3.63) is 24.3 Å². The van der Waals surface area contributed by atoms with Crippen LogP contribution in [-0.2, 0) is 4.74 Å². The van der Waals surface area contributed by atoms with Crippen LogP contribution in [0.3, 0.4) is 0 Å². The van der Waals surface area contributed by atoms with Crippen LogP contribution in [0, 0.1) is 0 Å². The molecule has 0 amide bonds. The summed E-state index contributed by atoms with van der Waals surface area (Å²) >= 11 is 0. The smallest absolute Gasteiger partial charge is 0.121 e. The third-order valence-electron chi connectivity index (χ3n) is 2.93. The Morgan fingerprint density at radius 3 is 2.75 bits per heavy atom. The van der Waals surface area contributed by atoms with Crippen molar-refractivity contribution in [2.75, 3.05) is 45.3 Å². The van der Waals surface area contributed by atoms with Crippen LogP contribution in [0.2, 0.25) is 0 Å². The summed E-state index contributed by atoms with van der Waals surface area (Å²) in [6.45, 7) is 6.63. The first kappa shape index (κ1) is 16.8. The van der Waals surface area contributed by atoms with Crippen molar-refractivity contribution in [1.29, 1.82) is 0 Å². The number of unbranched alkanes of at least 4 members (excludes halogenated alkanes) is 1. The lowest BCUT2D eigenvalue weighted by Gasteiger charge is -2.10. The Kier molecular flexibility index (Phi) is 9.70. The summed E-state index contributed by atoms with van der Waals surface area (Å²) < 4.78 is 10.7. The van der Waals surface area contributed by atoms with Crippen LogP contribution in [0.5, 0.6) is 5.75 Å². The third kappa shape index (κ3) is 8.02. The van der Waals surface area contributed by atoms with Crippen molar-refractivity contribution in [3.8, 4) is 5.75 Å². The molecule has 0 spiro atoms. The van der Waals surface area contributed by atoms with Gasteiger partial charge in [0, 0.05) is 38.6 Å². The van der Waals surface area contributed by atoms with Gasteiger partial charge in [-0.3, -0.25) is 0 Å². The molecule has 0 saturated heterocycles. The number of ether oxygens (including phenoxy) is 2. The van der Waals surface area contributed by atoms with E-state index in [1.165, 1.54) is 0 Å². The average molecular weight is 280 g/mol. The van der Waals surface area contributed by atoms with Crippen molar-refractivity contribution in [1.82, 2.24) is 5.32 Å². The van der Waals surface area contributed by atoms with Gasteiger partial charge in [0.15, 0.2) is 0 Å². The monoisotopic (exact) mass is 280 g/mol. The van der Waals surface area contributed by atoms with E-state index in [-0.39, 0.29) is 0 Å². The van der Waals surface area contributed by atoms with Gasteiger partial charge in [-0.2, -0.15) is 0 Å². The van der Waals surface area contributed by atoms with E-state index in [1.54, 1.807) is 7.11 Å². The minimum Gasteiger partial charge on any atom is -0.494 e. The van der Waals surface area contributed by atoms with Gasteiger partial charge in [0.1, 0.15) is 5.75 Å². The normalized spacial score (nSPS) is 10.5. The molecule has 0 aliphatic rings. The standard InChI is InChI=1S/C16H28N2O2/c1-3-4-13-20-16-8-5-7-15(14-16)18-11-10-17-9-6-12-19-2/h5,7-8,14,17-18H,3-4,6,9-13H2,1-2H3. The minimum atomic E-state index is 0.793. The number of rotatable bonds is 12. The first-order valence-corrected chi connectivity index (χ1v) is 7.53. The number of anilines is 1. The van der Waals surface area contributed by atoms with Gasteiger partial charge in [-0.05, 0) is 31.5 Å². The number of hydrogen-bond donors (Lipinski definition) is 2. The van der Waals surface area contributed by atoms with E-state index in [9.17, 15) is 0 Å². The first-order valence-electron chi connectivity index (χ1n) is 7.53. The Balaban J connectivity index is 2.14. The second-order valence-electron chi connectivity index (χ2n) is 4.75. The van der Waals surface area contributed by atoms with Crippen molar-refractivity contribution in [2.45, 2.75) is 26.2 Å². The molecule has 0 unspecified atom stereocenters. The topological polar surface area (TPSA) is 42.5 Å². The molecular formula is C16H28N2O2. The predicted molar refractivity (Wildman–Crippen MR) is 84.7 cm³/mol. The fraction of sp³-hybridized carbons (Fsp3) is 0.625. The average Bonchev–Trinajstić information content (AvgIpc) is 2.47. The summed E-state index contributed by atoms with van der Waals surface area (Å²) in [7, 11) is 1.73. The molecule has 0 aliphatic heterocycles. The lowest BCUT2D eigenvalue weighted by molar-refractivity contribution is 0.194. The Bertz CT molecular complexity index is 345. The zero-order chi connectivity index (χ0) is 14.5. The lowest BCUT2D eigenvalue weighted by Crippen LogP contribution is -2.23. The summed E-state index contributed by atoms with van der Waals surface area (Å²) in [5, 5.41) is 6.77. The van der Waals surface area contributed by atoms with Gasteiger partial charge in [0.05, 0.1) is 6.61 Å². The summed E-state index contributed by atoms with van der Waals surface area (Å²) in [4.78, 5) is 0. The van der Waals surface area contributed by atoms with E-state index >= 15 is 0 Å². The van der Waals surface area contributed by atoms with Crippen LogP contribution in [0.25, 0.3) is 0 Å². The molecule has 0 saturated carbocycles. The quantitative estimate of drug-likeness (QED) is 0.578. The molecule has 1 aromatic carbocycles. The zero-order valence-electron chi connectivity index (χ0n) is 12.8. The van der Waals surface area contributed by atoms with E-state index in [1.807, 2.05) is 12.1 Å². The molecule has 1 aromatic rings. The van der Waals surface area contributed by atoms with Crippen LogP contribution in [0.15, 0.2) is 24.3 Å². The van der Waals surface area contributed by atoms with E-state index in [2.05, 4.69) is 29.7 Å². The summed E-state index contributed by atoms with van der Waals surface area (Å²) in [5.41, 5.74) is 1.11. The van der Waals surface area contributed by atoms with Crippen LogP contribution >= 0.6 is 0 Å². The van der Waals surface area contributed by atoms with Crippen molar-refractivity contribution >= 4 is 5.69 Å². The summed E-state index contributed by atoms with van der Waals surface area (Å²) in [6.07, 6.45) is 3.31. The molecule has 0 heterocycles. The van der Waals surface area contributed by atoms with Gasteiger partial charge in [0.2, 0.25) is 0 Å². The van der Waals surface area contributed by atoms with Gasteiger partial charge in [-0.15, -0.1) is 0 Å². The van der Waals surface area contributed by atoms with Crippen molar-refractivity contribution in [3.63, 3.8) is 0 Å². The van der Waals surface area contributed by atoms with Crippen molar-refractivity contribution in [2.24, 2.45) is 0 Å². The Labute approximate surface area is 122 Å². The molecule has 0 aromatic heterocycles. The Hall–Kier alpha value is -1.26. The fourth-order valence-corrected chi connectivity index (χ4v) is 1.79. The molecule has 2 N–H and O–H groups in total. The van der Waals surface area contributed by atoms with Gasteiger partial charge >= 0.3 is 0 Å². The molecule has 20 heavy (non-hydrogen) atoms. The zero-order valence-corrected chi connectivity index (χ0v) is 12.8. The molecule has 0 atom stereocenters. The minimum absolute atomic E-state index is 0.793. The highest BCUT2D eigenvalue weighted by Crippen LogP contribution is 2.17. The highest BCUT2D eigenvalue weighted by molar-refractivity contribution is 5.48. The largest absolute Gasteiger partial charge is 0.494 e. The maximum atomic E-state index is 5.69. The van der Waals surface area contributed by atoms with Gasteiger partial charge < -0.3 is 20.1 Å². The fourth-order valence-electron chi connectivity index (χ4n) is 1.79. The Morgan fingerprint density at radius 2 is 1.95 bits per heavy atom. The Morgan fingerprint density at radius 1 is 1.05 bits per heavy atom. The molecule has 0 radical (unpaired) electrons. The third-order valence-corrected chi connectivity index (χ3v) is 2.93. The van der Waals surface area contributed by atoms with Crippen LogP contribution in [0.4, 0.5) is 5.69 Å². The lowest BCUT2D eigenvalue weighted by atomic mass is 10.3. The maximum absolute atomic E-state index is 5.69.